The minimum absolute atomic E-state index is 0.113. The first-order valence-corrected chi connectivity index (χ1v) is 7.37. The van der Waals surface area contributed by atoms with Crippen molar-refractivity contribution in [1.82, 2.24) is 10.3 Å². The minimum atomic E-state index is 0.113. The molecule has 4 nitrogen and oxygen atoms in total. The molecule has 112 valence electrons. The van der Waals surface area contributed by atoms with E-state index < -0.39 is 0 Å². The third-order valence-corrected chi connectivity index (χ3v) is 3.73. The molecule has 2 rings (SSSR count). The Hall–Kier alpha value is -1.13. The Bertz CT molecular complexity index is 454. The van der Waals surface area contributed by atoms with Gasteiger partial charge in [0.2, 0.25) is 0 Å². The molecule has 0 amide bonds. The second kappa shape index (κ2) is 6.10. The quantitative estimate of drug-likeness (QED) is 0.917. The summed E-state index contributed by atoms with van der Waals surface area (Å²) in [5.41, 5.74) is 3.75. The molecule has 20 heavy (non-hydrogen) atoms. The Balaban J connectivity index is 2.16. The van der Waals surface area contributed by atoms with Gasteiger partial charge in [0.25, 0.3) is 0 Å². The van der Waals surface area contributed by atoms with Gasteiger partial charge >= 0.3 is 0 Å². The zero-order valence-corrected chi connectivity index (χ0v) is 13.4. The second-order valence-corrected chi connectivity index (χ2v) is 6.65. The van der Waals surface area contributed by atoms with Gasteiger partial charge in [-0.3, -0.25) is 4.98 Å². The summed E-state index contributed by atoms with van der Waals surface area (Å²) in [6, 6.07) is 2.19. The summed E-state index contributed by atoms with van der Waals surface area (Å²) in [5.74, 6) is 0. The molecule has 2 heterocycles. The monoisotopic (exact) mass is 277 g/mol. The standard InChI is InChI=1S/C16H27N3O/c1-12-8-15(19-7-6-14(11-19)20-5)13(9-17-12)10-18-16(2,3)4/h8-9,14,18H,6-7,10-11H2,1-5H3. The van der Waals surface area contributed by atoms with Crippen LogP contribution in [0.1, 0.15) is 38.4 Å². The van der Waals surface area contributed by atoms with Crippen molar-refractivity contribution >= 4 is 5.69 Å². The Morgan fingerprint density at radius 1 is 1.45 bits per heavy atom. The number of pyridine rings is 1. The zero-order valence-electron chi connectivity index (χ0n) is 13.4. The lowest BCUT2D eigenvalue weighted by Gasteiger charge is -2.25. The van der Waals surface area contributed by atoms with Gasteiger partial charge in [0, 0.05) is 55.4 Å². The van der Waals surface area contributed by atoms with Crippen LogP contribution in [0.4, 0.5) is 5.69 Å². The summed E-state index contributed by atoms with van der Waals surface area (Å²) in [6.45, 7) is 11.5. The molecule has 0 aromatic carbocycles. The Labute approximate surface area is 122 Å². The van der Waals surface area contributed by atoms with E-state index in [1.807, 2.05) is 13.1 Å². The normalized spacial score (nSPS) is 19.6. The first kappa shape index (κ1) is 15.3. The summed E-state index contributed by atoms with van der Waals surface area (Å²) in [6.07, 6.45) is 3.46. The fraction of sp³-hybridized carbons (Fsp3) is 0.688. The van der Waals surface area contributed by atoms with Gasteiger partial charge in [-0.25, -0.2) is 0 Å². The lowest BCUT2D eigenvalue weighted by molar-refractivity contribution is 0.121. The van der Waals surface area contributed by atoms with Crippen LogP contribution in [0.15, 0.2) is 12.3 Å². The largest absolute Gasteiger partial charge is 0.380 e. The minimum Gasteiger partial charge on any atom is -0.380 e. The van der Waals surface area contributed by atoms with E-state index in [9.17, 15) is 0 Å². The van der Waals surface area contributed by atoms with Crippen LogP contribution in [-0.2, 0) is 11.3 Å². The molecule has 4 heteroatoms. The van der Waals surface area contributed by atoms with Gasteiger partial charge in [0.1, 0.15) is 0 Å². The van der Waals surface area contributed by atoms with Gasteiger partial charge in [-0.2, -0.15) is 0 Å². The van der Waals surface area contributed by atoms with Crippen molar-refractivity contribution < 1.29 is 4.74 Å². The van der Waals surface area contributed by atoms with Crippen molar-refractivity contribution in [2.45, 2.75) is 52.3 Å². The Morgan fingerprint density at radius 3 is 2.80 bits per heavy atom. The lowest BCUT2D eigenvalue weighted by Crippen LogP contribution is -2.35. The van der Waals surface area contributed by atoms with Crippen LogP contribution in [0, 0.1) is 6.92 Å². The molecule has 1 aromatic heterocycles. The van der Waals surface area contributed by atoms with Crippen molar-refractivity contribution in [2.75, 3.05) is 25.1 Å². The van der Waals surface area contributed by atoms with Crippen molar-refractivity contribution in [3.05, 3.63) is 23.5 Å². The molecule has 1 atom stereocenters. The fourth-order valence-electron chi connectivity index (χ4n) is 2.50. The van der Waals surface area contributed by atoms with Gasteiger partial charge in [-0.15, -0.1) is 0 Å². The highest BCUT2D eigenvalue weighted by atomic mass is 16.5. The summed E-state index contributed by atoms with van der Waals surface area (Å²) < 4.78 is 5.47. The van der Waals surface area contributed by atoms with Crippen LogP contribution in [0.25, 0.3) is 0 Å². The molecule has 1 unspecified atom stereocenters. The maximum atomic E-state index is 5.47. The van der Waals surface area contributed by atoms with Crippen LogP contribution >= 0.6 is 0 Å². The Kier molecular flexibility index (Phi) is 4.66. The molecule has 0 saturated carbocycles. The van der Waals surface area contributed by atoms with Crippen LogP contribution in [0.5, 0.6) is 0 Å². The van der Waals surface area contributed by atoms with E-state index in [1.54, 1.807) is 7.11 Å². The molecular formula is C16H27N3O. The van der Waals surface area contributed by atoms with E-state index in [0.717, 1.165) is 31.7 Å². The van der Waals surface area contributed by atoms with Crippen LogP contribution in [0.2, 0.25) is 0 Å². The van der Waals surface area contributed by atoms with Crippen molar-refractivity contribution in [2.24, 2.45) is 0 Å². The number of nitrogens with one attached hydrogen (secondary N) is 1. The summed E-state index contributed by atoms with van der Waals surface area (Å²) in [7, 11) is 1.80. The molecule has 0 radical (unpaired) electrons. The van der Waals surface area contributed by atoms with Gasteiger partial charge in [-0.05, 0) is 40.2 Å². The highest BCUT2D eigenvalue weighted by Gasteiger charge is 2.24. The highest BCUT2D eigenvalue weighted by Crippen LogP contribution is 2.26. The van der Waals surface area contributed by atoms with Crippen molar-refractivity contribution in [1.29, 1.82) is 0 Å². The van der Waals surface area contributed by atoms with Crippen LogP contribution in [0.3, 0.4) is 0 Å². The summed E-state index contributed by atoms with van der Waals surface area (Å²) >= 11 is 0. The molecule has 0 spiro atoms. The molecule has 1 saturated heterocycles. The van der Waals surface area contributed by atoms with E-state index in [0.29, 0.717) is 6.10 Å². The third-order valence-electron chi connectivity index (χ3n) is 3.73. The topological polar surface area (TPSA) is 37.4 Å². The molecule has 1 aromatic rings. The van der Waals surface area contributed by atoms with Crippen molar-refractivity contribution in [3.63, 3.8) is 0 Å². The van der Waals surface area contributed by atoms with Crippen LogP contribution in [-0.4, -0.2) is 36.8 Å². The molecule has 1 aliphatic heterocycles. The molecule has 1 fully saturated rings. The number of rotatable bonds is 4. The molecule has 0 bridgehead atoms. The maximum absolute atomic E-state index is 5.47. The van der Waals surface area contributed by atoms with Gasteiger partial charge in [-0.1, -0.05) is 0 Å². The first-order valence-electron chi connectivity index (χ1n) is 7.37. The number of hydrogen-bond donors (Lipinski definition) is 1. The van der Waals surface area contributed by atoms with Gasteiger partial charge in [0.15, 0.2) is 0 Å². The van der Waals surface area contributed by atoms with Crippen LogP contribution < -0.4 is 10.2 Å². The lowest BCUT2D eigenvalue weighted by atomic mass is 10.1. The van der Waals surface area contributed by atoms with Crippen molar-refractivity contribution in [3.8, 4) is 0 Å². The average Bonchev–Trinajstić information content (AvgIpc) is 2.84. The Morgan fingerprint density at radius 2 is 2.20 bits per heavy atom. The van der Waals surface area contributed by atoms with E-state index in [4.69, 9.17) is 4.74 Å². The van der Waals surface area contributed by atoms with Gasteiger partial charge in [0.05, 0.1) is 6.10 Å². The average molecular weight is 277 g/mol. The number of anilines is 1. The molecule has 0 aliphatic carbocycles. The number of aromatic nitrogens is 1. The van der Waals surface area contributed by atoms with Gasteiger partial charge < -0.3 is 15.0 Å². The first-order chi connectivity index (χ1) is 9.39. The van der Waals surface area contributed by atoms with E-state index in [2.05, 4.69) is 42.0 Å². The summed E-state index contributed by atoms with van der Waals surface area (Å²) in [4.78, 5) is 6.87. The highest BCUT2D eigenvalue weighted by molar-refractivity contribution is 5.54. The predicted octanol–water partition coefficient (Wildman–Crippen LogP) is 2.50. The van der Waals surface area contributed by atoms with E-state index in [-0.39, 0.29) is 5.54 Å². The smallest absolute Gasteiger partial charge is 0.0762 e. The number of aryl methyl sites for hydroxylation is 1. The number of methoxy groups -OCH3 is 1. The van der Waals surface area contributed by atoms with E-state index >= 15 is 0 Å². The second-order valence-electron chi connectivity index (χ2n) is 6.65. The molecule has 1 aliphatic rings. The zero-order chi connectivity index (χ0) is 14.8. The number of ether oxygens (including phenoxy) is 1. The fourth-order valence-corrected chi connectivity index (χ4v) is 2.50. The SMILES string of the molecule is COC1CCN(c2cc(C)ncc2CNC(C)(C)C)C1. The maximum Gasteiger partial charge on any atom is 0.0762 e. The molecular weight excluding hydrogens is 250 g/mol. The van der Waals surface area contributed by atoms with E-state index in [1.165, 1.54) is 11.3 Å². The molecule has 1 N–H and O–H groups in total. The summed E-state index contributed by atoms with van der Waals surface area (Å²) in [5, 5.41) is 3.55. The number of hydrogen-bond acceptors (Lipinski definition) is 4. The number of nitrogens with zero attached hydrogens (tertiary/aromatic N) is 2. The third kappa shape index (κ3) is 3.93. The predicted molar refractivity (Wildman–Crippen MR) is 83.2 cm³/mol.